The van der Waals surface area contributed by atoms with Crippen LogP contribution in [0.4, 0.5) is 5.69 Å². The highest BCUT2D eigenvalue weighted by atomic mass is 35.5. The summed E-state index contributed by atoms with van der Waals surface area (Å²) in [5.41, 5.74) is 2.56. The first-order chi connectivity index (χ1) is 8.33. The molecule has 0 radical (unpaired) electrons. The van der Waals surface area contributed by atoms with E-state index in [4.69, 9.17) is 16.0 Å². The van der Waals surface area contributed by atoms with Crippen molar-refractivity contribution in [3.05, 3.63) is 40.1 Å². The van der Waals surface area contributed by atoms with Crippen LogP contribution in [0.2, 0.25) is 4.47 Å². The molecule has 0 aliphatic rings. The third-order valence-electron chi connectivity index (χ3n) is 2.34. The number of hydrogen-bond acceptors (Lipinski definition) is 5. The van der Waals surface area contributed by atoms with Gasteiger partial charge in [-0.05, 0) is 12.1 Å². The molecule has 0 aliphatic heterocycles. The van der Waals surface area contributed by atoms with Gasteiger partial charge in [0.15, 0.2) is 16.4 Å². The van der Waals surface area contributed by atoms with Crippen molar-refractivity contribution >= 4 is 39.7 Å². The fourth-order valence-electron chi connectivity index (χ4n) is 1.58. The van der Waals surface area contributed by atoms with Crippen LogP contribution in [0.3, 0.4) is 0 Å². The van der Waals surface area contributed by atoms with E-state index in [0.717, 1.165) is 21.7 Å². The molecule has 1 aromatic carbocycles. The molecule has 3 rings (SSSR count). The van der Waals surface area contributed by atoms with Gasteiger partial charge in [0.2, 0.25) is 0 Å². The van der Waals surface area contributed by atoms with E-state index in [1.807, 2.05) is 18.2 Å². The molecule has 0 saturated heterocycles. The second-order valence-electron chi connectivity index (χ2n) is 3.44. The number of fused-ring (bicyclic) bond motifs is 1. The predicted molar refractivity (Wildman–Crippen MR) is 68.5 cm³/mol. The van der Waals surface area contributed by atoms with Gasteiger partial charge in [-0.25, -0.2) is 9.97 Å². The predicted octanol–water partition coefficient (Wildman–Crippen LogP) is 3.55. The molecular weight excluding hydrogens is 258 g/mol. The third kappa shape index (κ3) is 2.11. The summed E-state index contributed by atoms with van der Waals surface area (Å²) in [6, 6.07) is 5.78. The Morgan fingerprint density at radius 3 is 3.12 bits per heavy atom. The average Bonchev–Trinajstić information content (AvgIpc) is 2.94. The summed E-state index contributed by atoms with van der Waals surface area (Å²) in [7, 11) is 0. The molecule has 0 saturated carbocycles. The number of halogens is 1. The Morgan fingerprint density at radius 1 is 1.35 bits per heavy atom. The van der Waals surface area contributed by atoms with Crippen LogP contribution in [0.15, 0.2) is 35.2 Å². The van der Waals surface area contributed by atoms with Crippen LogP contribution in [-0.2, 0) is 6.54 Å². The number of aromatic nitrogens is 2. The normalized spacial score (nSPS) is 10.9. The lowest BCUT2D eigenvalue weighted by Crippen LogP contribution is -1.97. The Hall–Kier alpha value is -1.59. The van der Waals surface area contributed by atoms with E-state index in [0.29, 0.717) is 11.0 Å². The fraction of sp³-hybridized carbons (Fsp3) is 0.0909. The summed E-state index contributed by atoms with van der Waals surface area (Å²) in [6.45, 7) is 0.677. The topological polar surface area (TPSA) is 51.0 Å². The number of nitrogens with one attached hydrogen (secondary N) is 1. The zero-order chi connectivity index (χ0) is 11.7. The van der Waals surface area contributed by atoms with E-state index >= 15 is 0 Å². The van der Waals surface area contributed by atoms with Crippen molar-refractivity contribution in [3.63, 3.8) is 0 Å². The Morgan fingerprint density at radius 2 is 2.29 bits per heavy atom. The zero-order valence-corrected chi connectivity index (χ0v) is 10.3. The lowest BCUT2D eigenvalue weighted by atomic mass is 10.3. The first-order valence-electron chi connectivity index (χ1n) is 4.99. The number of nitrogens with zero attached hydrogens (tertiary/aromatic N) is 2. The molecule has 17 heavy (non-hydrogen) atoms. The molecule has 0 aliphatic carbocycles. The zero-order valence-electron chi connectivity index (χ0n) is 8.68. The first kappa shape index (κ1) is 10.6. The van der Waals surface area contributed by atoms with Crippen molar-refractivity contribution in [1.29, 1.82) is 0 Å². The number of oxazole rings is 1. The minimum Gasteiger partial charge on any atom is -0.443 e. The van der Waals surface area contributed by atoms with E-state index < -0.39 is 0 Å². The third-order valence-corrected chi connectivity index (χ3v) is 3.45. The molecule has 0 atom stereocenters. The standard InChI is InChI=1S/C11H8ClN3OS/c12-11-14-5-7(17-11)4-13-8-2-1-3-9-10(8)15-6-16-9/h1-3,5-6,13H,4H2. The van der Waals surface area contributed by atoms with Gasteiger partial charge >= 0.3 is 0 Å². The molecule has 0 unspecified atom stereocenters. The van der Waals surface area contributed by atoms with E-state index in [9.17, 15) is 0 Å². The van der Waals surface area contributed by atoms with E-state index in [1.165, 1.54) is 17.7 Å². The smallest absolute Gasteiger partial charge is 0.183 e. The minimum absolute atomic E-state index is 0.557. The Kier molecular flexibility index (Phi) is 2.70. The fourth-order valence-corrected chi connectivity index (χ4v) is 2.49. The largest absolute Gasteiger partial charge is 0.443 e. The lowest BCUT2D eigenvalue weighted by molar-refractivity contribution is 0.602. The lowest BCUT2D eigenvalue weighted by Gasteiger charge is -2.04. The SMILES string of the molecule is Clc1ncc(CNc2cccc3ocnc23)s1. The Labute approximate surface area is 106 Å². The number of para-hydroxylation sites is 1. The van der Waals surface area contributed by atoms with Crippen LogP contribution in [0, 0.1) is 0 Å². The van der Waals surface area contributed by atoms with Crippen molar-refractivity contribution in [2.75, 3.05) is 5.32 Å². The summed E-state index contributed by atoms with van der Waals surface area (Å²) >= 11 is 7.23. The summed E-state index contributed by atoms with van der Waals surface area (Å²) < 4.78 is 5.79. The maximum atomic E-state index is 5.77. The van der Waals surface area contributed by atoms with Gasteiger partial charge in [0.1, 0.15) is 5.52 Å². The molecule has 2 heterocycles. The van der Waals surface area contributed by atoms with Crippen LogP contribution >= 0.6 is 22.9 Å². The number of anilines is 1. The summed E-state index contributed by atoms with van der Waals surface area (Å²) in [5, 5.41) is 3.29. The van der Waals surface area contributed by atoms with Gasteiger partial charge < -0.3 is 9.73 Å². The van der Waals surface area contributed by atoms with Crippen molar-refractivity contribution < 1.29 is 4.42 Å². The van der Waals surface area contributed by atoms with Gasteiger partial charge in [0.05, 0.1) is 12.2 Å². The molecule has 0 amide bonds. The molecule has 3 aromatic rings. The van der Waals surface area contributed by atoms with Crippen LogP contribution in [-0.4, -0.2) is 9.97 Å². The number of rotatable bonds is 3. The molecule has 86 valence electrons. The molecule has 0 bridgehead atoms. The summed E-state index contributed by atoms with van der Waals surface area (Å²) in [5.74, 6) is 0. The molecule has 4 nitrogen and oxygen atoms in total. The second-order valence-corrected chi connectivity index (χ2v) is 5.14. The summed E-state index contributed by atoms with van der Waals surface area (Å²) in [4.78, 5) is 9.24. The van der Waals surface area contributed by atoms with Gasteiger partial charge in [-0.2, -0.15) is 0 Å². The van der Waals surface area contributed by atoms with Gasteiger partial charge in [-0.1, -0.05) is 17.7 Å². The highest BCUT2D eigenvalue weighted by molar-refractivity contribution is 7.15. The monoisotopic (exact) mass is 265 g/mol. The van der Waals surface area contributed by atoms with Gasteiger partial charge in [-0.15, -0.1) is 11.3 Å². The number of benzene rings is 1. The summed E-state index contributed by atoms with van der Waals surface area (Å²) in [6.07, 6.45) is 3.21. The first-order valence-corrected chi connectivity index (χ1v) is 6.18. The molecule has 0 fully saturated rings. The van der Waals surface area contributed by atoms with Crippen LogP contribution in [0.5, 0.6) is 0 Å². The highest BCUT2D eigenvalue weighted by Crippen LogP contribution is 2.23. The maximum absolute atomic E-state index is 5.77. The molecule has 2 aromatic heterocycles. The van der Waals surface area contributed by atoms with Gasteiger partial charge in [-0.3, -0.25) is 0 Å². The van der Waals surface area contributed by atoms with Crippen molar-refractivity contribution in [2.24, 2.45) is 0 Å². The molecule has 0 spiro atoms. The number of hydrogen-bond donors (Lipinski definition) is 1. The van der Waals surface area contributed by atoms with Crippen molar-refractivity contribution in [1.82, 2.24) is 9.97 Å². The maximum Gasteiger partial charge on any atom is 0.183 e. The van der Waals surface area contributed by atoms with Crippen molar-refractivity contribution in [2.45, 2.75) is 6.54 Å². The van der Waals surface area contributed by atoms with Crippen molar-refractivity contribution in [3.8, 4) is 0 Å². The Bertz CT molecular complexity index is 649. The molecule has 6 heteroatoms. The van der Waals surface area contributed by atoms with E-state index in [1.54, 1.807) is 6.20 Å². The minimum atomic E-state index is 0.557. The Balaban J connectivity index is 1.83. The van der Waals surface area contributed by atoms with E-state index in [2.05, 4.69) is 15.3 Å². The van der Waals surface area contributed by atoms with Crippen LogP contribution in [0.1, 0.15) is 4.88 Å². The van der Waals surface area contributed by atoms with E-state index in [-0.39, 0.29) is 0 Å². The van der Waals surface area contributed by atoms with Gasteiger partial charge in [0, 0.05) is 11.1 Å². The molecular formula is C11H8ClN3OS. The number of thiazole rings is 1. The van der Waals surface area contributed by atoms with Crippen LogP contribution < -0.4 is 5.32 Å². The quantitative estimate of drug-likeness (QED) is 0.787. The van der Waals surface area contributed by atoms with Gasteiger partial charge in [0.25, 0.3) is 0 Å². The average molecular weight is 266 g/mol. The van der Waals surface area contributed by atoms with Crippen LogP contribution in [0.25, 0.3) is 11.1 Å². The molecule has 1 N–H and O–H groups in total. The second kappa shape index (κ2) is 4.35. The highest BCUT2D eigenvalue weighted by Gasteiger charge is 2.05.